The number of carbonyl (C=O) groups is 2. The standard InChI is InChI=1S/C13H16N2O2/c16-9-11-2-1-3-12(8-11)13(10-17)15-6-4-14-5-7-15/h1-3,8-10,13-14H,4-7H2. The van der Waals surface area contributed by atoms with Crippen molar-refractivity contribution in [3.8, 4) is 0 Å². The summed E-state index contributed by atoms with van der Waals surface area (Å²) in [5, 5.41) is 3.25. The van der Waals surface area contributed by atoms with Crippen molar-refractivity contribution in [2.45, 2.75) is 6.04 Å². The van der Waals surface area contributed by atoms with Gasteiger partial charge in [0.05, 0.1) is 6.04 Å². The third kappa shape index (κ3) is 2.78. The van der Waals surface area contributed by atoms with Gasteiger partial charge in [0.1, 0.15) is 12.6 Å². The van der Waals surface area contributed by atoms with Gasteiger partial charge >= 0.3 is 0 Å². The number of nitrogens with zero attached hydrogens (tertiary/aromatic N) is 1. The zero-order valence-electron chi connectivity index (χ0n) is 9.63. The van der Waals surface area contributed by atoms with Crippen LogP contribution in [0.15, 0.2) is 24.3 Å². The van der Waals surface area contributed by atoms with Crippen molar-refractivity contribution in [1.29, 1.82) is 0 Å². The van der Waals surface area contributed by atoms with Crippen molar-refractivity contribution in [2.75, 3.05) is 26.2 Å². The lowest BCUT2D eigenvalue weighted by molar-refractivity contribution is -0.112. The molecule has 1 aromatic rings. The molecule has 1 N–H and O–H groups in total. The van der Waals surface area contributed by atoms with E-state index in [1.165, 1.54) is 0 Å². The Hall–Kier alpha value is -1.52. The molecular weight excluding hydrogens is 216 g/mol. The first-order valence-electron chi connectivity index (χ1n) is 5.80. The maximum absolute atomic E-state index is 11.3. The predicted octanol–water partition coefficient (Wildman–Crippen LogP) is 0.644. The zero-order chi connectivity index (χ0) is 12.1. The van der Waals surface area contributed by atoms with Crippen LogP contribution in [0.5, 0.6) is 0 Å². The molecule has 1 aromatic carbocycles. The molecule has 1 aliphatic rings. The summed E-state index contributed by atoms with van der Waals surface area (Å²) < 4.78 is 0. The van der Waals surface area contributed by atoms with Crippen molar-refractivity contribution >= 4 is 12.6 Å². The van der Waals surface area contributed by atoms with Gasteiger partial charge in [-0.25, -0.2) is 0 Å². The first-order chi connectivity index (χ1) is 8.35. The van der Waals surface area contributed by atoms with Crippen LogP contribution in [0.25, 0.3) is 0 Å². The molecule has 2 rings (SSSR count). The normalized spacial score (nSPS) is 18.6. The van der Waals surface area contributed by atoms with Gasteiger partial charge in [-0.2, -0.15) is 0 Å². The van der Waals surface area contributed by atoms with Crippen LogP contribution in [0.1, 0.15) is 22.0 Å². The highest BCUT2D eigenvalue weighted by Gasteiger charge is 2.21. The molecule has 1 atom stereocenters. The van der Waals surface area contributed by atoms with Gasteiger partial charge in [-0.3, -0.25) is 9.69 Å². The highest BCUT2D eigenvalue weighted by molar-refractivity contribution is 5.76. The Morgan fingerprint density at radius 3 is 2.65 bits per heavy atom. The second-order valence-corrected chi connectivity index (χ2v) is 4.15. The van der Waals surface area contributed by atoms with Crippen LogP contribution in [-0.2, 0) is 4.79 Å². The number of hydrogen-bond acceptors (Lipinski definition) is 4. The lowest BCUT2D eigenvalue weighted by Crippen LogP contribution is -2.45. The molecule has 4 heteroatoms. The average molecular weight is 232 g/mol. The van der Waals surface area contributed by atoms with Crippen molar-refractivity contribution in [3.63, 3.8) is 0 Å². The number of carbonyl (C=O) groups excluding carboxylic acids is 2. The number of aldehydes is 2. The van der Waals surface area contributed by atoms with E-state index in [4.69, 9.17) is 0 Å². The highest BCUT2D eigenvalue weighted by atomic mass is 16.1. The molecule has 1 unspecified atom stereocenters. The van der Waals surface area contributed by atoms with Crippen LogP contribution >= 0.6 is 0 Å². The smallest absolute Gasteiger partial charge is 0.150 e. The first kappa shape index (κ1) is 12.0. The molecule has 0 amide bonds. The van der Waals surface area contributed by atoms with Gasteiger partial charge in [-0.1, -0.05) is 18.2 Å². The fraction of sp³-hybridized carbons (Fsp3) is 0.385. The van der Waals surface area contributed by atoms with E-state index in [1.54, 1.807) is 12.1 Å². The molecule has 0 aliphatic carbocycles. The van der Waals surface area contributed by atoms with Gasteiger partial charge in [0.15, 0.2) is 0 Å². The Morgan fingerprint density at radius 1 is 1.24 bits per heavy atom. The van der Waals surface area contributed by atoms with Crippen molar-refractivity contribution in [3.05, 3.63) is 35.4 Å². The van der Waals surface area contributed by atoms with Gasteiger partial charge in [-0.05, 0) is 11.6 Å². The van der Waals surface area contributed by atoms with E-state index in [0.717, 1.165) is 44.3 Å². The number of hydrogen-bond donors (Lipinski definition) is 1. The molecule has 1 fully saturated rings. The van der Waals surface area contributed by atoms with E-state index in [9.17, 15) is 9.59 Å². The summed E-state index contributed by atoms with van der Waals surface area (Å²) in [5.74, 6) is 0. The highest BCUT2D eigenvalue weighted by Crippen LogP contribution is 2.19. The van der Waals surface area contributed by atoms with E-state index in [-0.39, 0.29) is 6.04 Å². The number of benzene rings is 1. The molecule has 1 heterocycles. The third-order valence-corrected chi connectivity index (χ3v) is 3.06. The SMILES string of the molecule is O=Cc1cccc(C(C=O)N2CCNCC2)c1. The zero-order valence-corrected chi connectivity index (χ0v) is 9.63. The van der Waals surface area contributed by atoms with Crippen molar-refractivity contribution in [1.82, 2.24) is 10.2 Å². The monoisotopic (exact) mass is 232 g/mol. The van der Waals surface area contributed by atoms with Crippen LogP contribution in [0.2, 0.25) is 0 Å². The molecule has 17 heavy (non-hydrogen) atoms. The minimum absolute atomic E-state index is 0.239. The van der Waals surface area contributed by atoms with E-state index in [2.05, 4.69) is 10.2 Å². The number of nitrogens with one attached hydrogen (secondary N) is 1. The maximum atomic E-state index is 11.3. The second-order valence-electron chi connectivity index (χ2n) is 4.15. The topological polar surface area (TPSA) is 49.4 Å². The Kier molecular flexibility index (Phi) is 4.01. The van der Waals surface area contributed by atoms with Gasteiger partial charge in [0.25, 0.3) is 0 Å². The number of piperazine rings is 1. The third-order valence-electron chi connectivity index (χ3n) is 3.06. The molecule has 0 bridgehead atoms. The summed E-state index contributed by atoms with van der Waals surface area (Å²) in [6.45, 7) is 3.51. The van der Waals surface area contributed by atoms with Crippen molar-refractivity contribution in [2.24, 2.45) is 0 Å². The molecule has 0 saturated carbocycles. The van der Waals surface area contributed by atoms with E-state index >= 15 is 0 Å². The molecule has 90 valence electrons. The van der Waals surface area contributed by atoms with E-state index in [0.29, 0.717) is 5.56 Å². The summed E-state index contributed by atoms with van der Waals surface area (Å²) in [5.41, 5.74) is 1.51. The van der Waals surface area contributed by atoms with Gasteiger partial charge < -0.3 is 10.1 Å². The summed E-state index contributed by atoms with van der Waals surface area (Å²) >= 11 is 0. The average Bonchev–Trinajstić information content (AvgIpc) is 2.41. The van der Waals surface area contributed by atoms with E-state index < -0.39 is 0 Å². The summed E-state index contributed by atoms with van der Waals surface area (Å²) in [4.78, 5) is 24.1. The van der Waals surface area contributed by atoms with Crippen LogP contribution in [0.3, 0.4) is 0 Å². The number of rotatable bonds is 4. The summed E-state index contributed by atoms with van der Waals surface area (Å²) in [6.07, 6.45) is 1.76. The molecule has 1 aliphatic heterocycles. The molecule has 1 saturated heterocycles. The molecule has 0 radical (unpaired) electrons. The molecule has 4 nitrogen and oxygen atoms in total. The molecule has 0 spiro atoms. The van der Waals surface area contributed by atoms with Crippen LogP contribution in [0.4, 0.5) is 0 Å². The van der Waals surface area contributed by atoms with Crippen molar-refractivity contribution < 1.29 is 9.59 Å². The molecular formula is C13H16N2O2. The minimum Gasteiger partial charge on any atom is -0.314 e. The Balaban J connectivity index is 2.20. The molecule has 0 aromatic heterocycles. The Bertz CT molecular complexity index is 400. The Labute approximate surface area is 101 Å². The lowest BCUT2D eigenvalue weighted by Gasteiger charge is -2.32. The Morgan fingerprint density at radius 2 is 2.00 bits per heavy atom. The van der Waals surface area contributed by atoms with Crippen LogP contribution in [-0.4, -0.2) is 43.7 Å². The van der Waals surface area contributed by atoms with Gasteiger partial charge in [0, 0.05) is 31.7 Å². The van der Waals surface area contributed by atoms with Crippen LogP contribution < -0.4 is 5.32 Å². The predicted molar refractivity (Wildman–Crippen MR) is 65.1 cm³/mol. The summed E-state index contributed by atoms with van der Waals surface area (Å²) in [7, 11) is 0. The van der Waals surface area contributed by atoms with Crippen LogP contribution in [0, 0.1) is 0 Å². The van der Waals surface area contributed by atoms with Gasteiger partial charge in [0.2, 0.25) is 0 Å². The second kappa shape index (κ2) is 5.70. The largest absolute Gasteiger partial charge is 0.314 e. The van der Waals surface area contributed by atoms with Gasteiger partial charge in [-0.15, -0.1) is 0 Å². The quantitative estimate of drug-likeness (QED) is 0.774. The van der Waals surface area contributed by atoms with E-state index in [1.807, 2.05) is 12.1 Å². The maximum Gasteiger partial charge on any atom is 0.150 e. The fourth-order valence-corrected chi connectivity index (χ4v) is 2.15. The minimum atomic E-state index is -0.239. The fourth-order valence-electron chi connectivity index (χ4n) is 2.15. The summed E-state index contributed by atoms with van der Waals surface area (Å²) in [6, 6.07) is 7.01. The lowest BCUT2D eigenvalue weighted by atomic mass is 10.0. The first-order valence-corrected chi connectivity index (χ1v) is 5.80.